The Morgan fingerprint density at radius 3 is 2.20 bits per heavy atom. The molecule has 110 valence electrons. The van der Waals surface area contributed by atoms with Crippen LogP contribution in [-0.2, 0) is 14.3 Å². The highest BCUT2D eigenvalue weighted by atomic mass is 16.5. The largest absolute Gasteiger partial charge is 0.483 e. The molecule has 0 aromatic carbocycles. The third kappa shape index (κ3) is 2.11. The molecule has 5 nitrogen and oxygen atoms in total. The van der Waals surface area contributed by atoms with Crippen LogP contribution in [0.15, 0.2) is 22.5 Å². The number of hydrogen-bond donors (Lipinski definition) is 2. The second kappa shape index (κ2) is 5.14. The lowest BCUT2D eigenvalue weighted by Gasteiger charge is -2.40. The second-order valence-electron chi connectivity index (χ2n) is 5.81. The zero-order chi connectivity index (χ0) is 15.1. The molecular formula is C15H20O5. The van der Waals surface area contributed by atoms with Gasteiger partial charge in [0.1, 0.15) is 5.60 Å². The van der Waals surface area contributed by atoms with Gasteiger partial charge in [0.2, 0.25) is 5.78 Å². The van der Waals surface area contributed by atoms with Gasteiger partial charge in [-0.3, -0.25) is 9.59 Å². The first-order valence-corrected chi connectivity index (χ1v) is 6.81. The number of aliphatic hydroxyl groups is 2. The number of aliphatic hydroxyl groups excluding tert-OH is 2. The molecule has 1 unspecified atom stereocenters. The Labute approximate surface area is 117 Å². The predicted octanol–water partition coefficient (Wildman–Crippen LogP) is 0.899. The molecule has 2 rings (SSSR count). The van der Waals surface area contributed by atoms with E-state index in [1.54, 1.807) is 0 Å². The van der Waals surface area contributed by atoms with Crippen molar-refractivity contribution in [3.8, 4) is 0 Å². The number of allylic oxidation sites excluding steroid dienone is 2. The Hall–Kier alpha value is -1.46. The van der Waals surface area contributed by atoms with Crippen LogP contribution in [0.25, 0.3) is 0 Å². The molecule has 5 heteroatoms. The van der Waals surface area contributed by atoms with Gasteiger partial charge in [0.05, 0.1) is 13.2 Å². The predicted molar refractivity (Wildman–Crippen MR) is 71.8 cm³/mol. The Morgan fingerprint density at radius 2 is 1.70 bits per heavy atom. The van der Waals surface area contributed by atoms with Gasteiger partial charge in [0.25, 0.3) is 0 Å². The zero-order valence-electron chi connectivity index (χ0n) is 12.0. The van der Waals surface area contributed by atoms with Gasteiger partial charge in [-0.1, -0.05) is 13.8 Å². The molecule has 2 aliphatic rings. The lowest BCUT2D eigenvalue weighted by Crippen LogP contribution is -2.42. The zero-order valence-corrected chi connectivity index (χ0v) is 12.0. The van der Waals surface area contributed by atoms with Gasteiger partial charge in [-0.05, 0) is 25.7 Å². The maximum atomic E-state index is 12.4. The minimum atomic E-state index is -0.570. The Morgan fingerprint density at radius 1 is 1.15 bits per heavy atom. The summed E-state index contributed by atoms with van der Waals surface area (Å²) < 4.78 is 5.83. The molecule has 2 N–H and O–H groups in total. The van der Waals surface area contributed by atoms with E-state index in [1.165, 1.54) is 0 Å². The molecule has 0 bridgehead atoms. The number of ketones is 2. The molecular weight excluding hydrogens is 260 g/mol. The van der Waals surface area contributed by atoms with E-state index >= 15 is 0 Å². The number of carbonyl (C=O) groups is 2. The molecule has 0 radical (unpaired) electrons. The van der Waals surface area contributed by atoms with Crippen molar-refractivity contribution in [3.05, 3.63) is 22.5 Å². The third-order valence-corrected chi connectivity index (χ3v) is 4.41. The molecule has 1 aliphatic heterocycles. The van der Waals surface area contributed by atoms with Crippen LogP contribution in [-0.4, -0.2) is 40.6 Å². The third-order valence-electron chi connectivity index (χ3n) is 4.41. The van der Waals surface area contributed by atoms with Gasteiger partial charge in [-0.25, -0.2) is 0 Å². The Bertz CT molecular complexity index is 526. The summed E-state index contributed by atoms with van der Waals surface area (Å²) in [6, 6.07) is 0. The number of carbonyl (C=O) groups excluding carboxylic acids is 2. The van der Waals surface area contributed by atoms with Crippen molar-refractivity contribution in [2.45, 2.75) is 39.2 Å². The van der Waals surface area contributed by atoms with E-state index in [-0.39, 0.29) is 28.6 Å². The minimum absolute atomic E-state index is 0.00648. The highest BCUT2D eigenvalue weighted by molar-refractivity contribution is 6.24. The van der Waals surface area contributed by atoms with Gasteiger partial charge in [-0.2, -0.15) is 0 Å². The van der Waals surface area contributed by atoms with Crippen molar-refractivity contribution in [2.24, 2.45) is 5.92 Å². The molecule has 1 aliphatic carbocycles. The average molecular weight is 280 g/mol. The maximum Gasteiger partial charge on any atom is 0.226 e. The minimum Gasteiger partial charge on any atom is -0.483 e. The number of Topliss-reactive ketones (excluding diaryl/α,β-unsaturated/α-hetero) is 2. The van der Waals surface area contributed by atoms with Crippen molar-refractivity contribution in [3.63, 3.8) is 0 Å². The lowest BCUT2D eigenvalue weighted by molar-refractivity contribution is -0.127. The van der Waals surface area contributed by atoms with E-state index < -0.39 is 24.6 Å². The first kappa shape index (κ1) is 14.9. The van der Waals surface area contributed by atoms with Crippen LogP contribution >= 0.6 is 0 Å². The summed E-state index contributed by atoms with van der Waals surface area (Å²) >= 11 is 0. The van der Waals surface area contributed by atoms with E-state index in [9.17, 15) is 19.8 Å². The smallest absolute Gasteiger partial charge is 0.226 e. The van der Waals surface area contributed by atoms with Crippen LogP contribution < -0.4 is 0 Å². The van der Waals surface area contributed by atoms with Crippen molar-refractivity contribution < 1.29 is 24.5 Å². The van der Waals surface area contributed by atoms with E-state index in [1.807, 2.05) is 20.8 Å². The normalized spacial score (nSPS) is 27.1. The summed E-state index contributed by atoms with van der Waals surface area (Å²) in [7, 11) is 0. The van der Waals surface area contributed by atoms with Crippen LogP contribution in [0, 0.1) is 5.92 Å². The van der Waals surface area contributed by atoms with E-state index in [0.29, 0.717) is 18.4 Å². The summed E-state index contributed by atoms with van der Waals surface area (Å²) in [6.07, 6.45) is 1.10. The molecule has 0 fully saturated rings. The fourth-order valence-electron chi connectivity index (χ4n) is 2.57. The molecule has 0 aromatic rings. The molecule has 0 spiro atoms. The first-order valence-electron chi connectivity index (χ1n) is 6.81. The second-order valence-corrected chi connectivity index (χ2v) is 5.81. The molecule has 0 amide bonds. The van der Waals surface area contributed by atoms with E-state index in [0.717, 1.165) is 0 Å². The van der Waals surface area contributed by atoms with E-state index in [2.05, 4.69) is 0 Å². The summed E-state index contributed by atoms with van der Waals surface area (Å²) in [6.45, 7) is 4.81. The summed E-state index contributed by atoms with van der Waals surface area (Å²) in [5.74, 6) is -0.603. The van der Waals surface area contributed by atoms with Gasteiger partial charge < -0.3 is 14.9 Å². The lowest BCUT2D eigenvalue weighted by atomic mass is 9.78. The van der Waals surface area contributed by atoms with Crippen molar-refractivity contribution >= 4 is 11.6 Å². The Kier molecular flexibility index (Phi) is 3.84. The fraction of sp³-hybridized carbons (Fsp3) is 0.600. The van der Waals surface area contributed by atoms with E-state index in [4.69, 9.17) is 4.74 Å². The van der Waals surface area contributed by atoms with Crippen LogP contribution in [0.5, 0.6) is 0 Å². The number of hydrogen-bond acceptors (Lipinski definition) is 5. The Balaban J connectivity index is 2.45. The van der Waals surface area contributed by atoms with Crippen LogP contribution in [0.3, 0.4) is 0 Å². The molecule has 1 atom stereocenters. The van der Waals surface area contributed by atoms with Crippen LogP contribution in [0.1, 0.15) is 33.6 Å². The quantitative estimate of drug-likeness (QED) is 0.750. The molecule has 0 saturated heterocycles. The molecule has 0 saturated carbocycles. The van der Waals surface area contributed by atoms with Gasteiger partial charge in [0.15, 0.2) is 11.5 Å². The van der Waals surface area contributed by atoms with Gasteiger partial charge in [-0.15, -0.1) is 0 Å². The van der Waals surface area contributed by atoms with Crippen LogP contribution in [0.4, 0.5) is 0 Å². The summed E-state index contributed by atoms with van der Waals surface area (Å²) in [5.41, 5.74) is -0.224. The summed E-state index contributed by atoms with van der Waals surface area (Å²) in [4.78, 5) is 24.6. The highest BCUT2D eigenvalue weighted by Gasteiger charge is 2.43. The molecule has 20 heavy (non-hydrogen) atoms. The molecule has 1 heterocycles. The standard InChI is InChI=1S/C15H20O5/c1-8(2)15(3)5-4-9-12(18)10(6-16)11(7-17)13(19)14(9)20-15/h8,16-17H,4-7H2,1-3H3. The maximum absolute atomic E-state index is 12.4. The van der Waals surface area contributed by atoms with Crippen LogP contribution in [0.2, 0.25) is 0 Å². The number of ether oxygens (including phenoxy) is 1. The van der Waals surface area contributed by atoms with Gasteiger partial charge >= 0.3 is 0 Å². The van der Waals surface area contributed by atoms with Gasteiger partial charge in [0, 0.05) is 16.7 Å². The average Bonchev–Trinajstić information content (AvgIpc) is 2.42. The van der Waals surface area contributed by atoms with Crippen molar-refractivity contribution in [1.82, 2.24) is 0 Å². The monoisotopic (exact) mass is 280 g/mol. The van der Waals surface area contributed by atoms with Crippen molar-refractivity contribution in [2.75, 3.05) is 13.2 Å². The summed E-state index contributed by atoms with van der Waals surface area (Å²) in [5, 5.41) is 18.5. The molecule has 0 aromatic heterocycles. The number of rotatable bonds is 3. The van der Waals surface area contributed by atoms with Crippen molar-refractivity contribution in [1.29, 1.82) is 0 Å². The fourth-order valence-corrected chi connectivity index (χ4v) is 2.57. The highest BCUT2D eigenvalue weighted by Crippen LogP contribution is 2.40. The first-order chi connectivity index (χ1) is 9.35. The SMILES string of the molecule is CC(C)C1(C)CCC2=C(O1)C(=O)C(CO)=C(CO)C2=O. The topological polar surface area (TPSA) is 83.8 Å².